The summed E-state index contributed by atoms with van der Waals surface area (Å²) in [5.74, 6) is 0. The molecule has 0 saturated heterocycles. The molecule has 190 valence electrons. The fraction of sp³-hybridized carbons (Fsp3) is 0.724. The Hall–Kier alpha value is -1.36. The molecule has 1 rings (SSSR count). The van der Waals surface area contributed by atoms with E-state index in [1.54, 1.807) is 6.26 Å². The first-order valence-electron chi connectivity index (χ1n) is 13.5. The van der Waals surface area contributed by atoms with Crippen LogP contribution in [0, 0.1) is 0 Å². The second-order valence-corrected chi connectivity index (χ2v) is 8.77. The first kappa shape index (κ1) is 29.7. The lowest BCUT2D eigenvalue weighted by molar-refractivity contribution is -0.146. The molecule has 0 unspecified atom stereocenters. The zero-order valence-electron chi connectivity index (χ0n) is 21.5. The van der Waals surface area contributed by atoms with Gasteiger partial charge in [0.25, 0.3) is 0 Å². The van der Waals surface area contributed by atoms with Gasteiger partial charge in [-0.2, -0.15) is 0 Å². The van der Waals surface area contributed by atoms with E-state index in [1.165, 1.54) is 64.2 Å². The predicted molar refractivity (Wildman–Crippen MR) is 138 cm³/mol. The van der Waals surface area contributed by atoms with Crippen LogP contribution in [-0.4, -0.2) is 26.3 Å². The van der Waals surface area contributed by atoms with E-state index in [9.17, 15) is 0 Å². The maximum Gasteiger partial charge on any atom is 0.188 e. The number of ether oxygens (including phenoxy) is 4. The minimum Gasteiger partial charge on any atom is -0.475 e. The SMILES string of the molecule is CCCCCCCCOC(CCC=COCOCc1ccccc1)OCCCCCCCC. The third-order valence-corrected chi connectivity index (χ3v) is 5.63. The van der Waals surface area contributed by atoms with Crippen LogP contribution in [-0.2, 0) is 25.6 Å². The van der Waals surface area contributed by atoms with Crippen molar-refractivity contribution in [1.82, 2.24) is 0 Å². The van der Waals surface area contributed by atoms with Crippen LogP contribution in [0.4, 0.5) is 0 Å². The van der Waals surface area contributed by atoms with Gasteiger partial charge < -0.3 is 18.9 Å². The first-order chi connectivity index (χ1) is 16.4. The molecule has 0 heterocycles. The Bertz CT molecular complexity index is 514. The highest BCUT2D eigenvalue weighted by Crippen LogP contribution is 2.11. The van der Waals surface area contributed by atoms with Crippen LogP contribution in [0.5, 0.6) is 0 Å². The Morgan fingerprint density at radius 3 is 1.91 bits per heavy atom. The Kier molecular flexibility index (Phi) is 21.4. The Balaban J connectivity index is 2.15. The largest absolute Gasteiger partial charge is 0.475 e. The van der Waals surface area contributed by atoms with Gasteiger partial charge in [0.2, 0.25) is 0 Å². The third-order valence-electron chi connectivity index (χ3n) is 5.63. The average Bonchev–Trinajstić information content (AvgIpc) is 2.84. The molecule has 0 atom stereocenters. The molecule has 1 aromatic carbocycles. The zero-order valence-corrected chi connectivity index (χ0v) is 21.5. The van der Waals surface area contributed by atoms with Gasteiger partial charge in [-0.3, -0.25) is 0 Å². The average molecular weight is 463 g/mol. The molecular weight excluding hydrogens is 412 g/mol. The van der Waals surface area contributed by atoms with Crippen LogP contribution >= 0.6 is 0 Å². The van der Waals surface area contributed by atoms with Crippen molar-refractivity contribution in [1.29, 1.82) is 0 Å². The van der Waals surface area contributed by atoms with E-state index in [2.05, 4.69) is 13.8 Å². The summed E-state index contributed by atoms with van der Waals surface area (Å²) in [7, 11) is 0. The maximum atomic E-state index is 6.07. The minimum absolute atomic E-state index is 0.115. The molecule has 0 aliphatic carbocycles. The van der Waals surface area contributed by atoms with E-state index < -0.39 is 0 Å². The van der Waals surface area contributed by atoms with Crippen LogP contribution in [0.25, 0.3) is 0 Å². The van der Waals surface area contributed by atoms with Crippen LogP contribution in [0.3, 0.4) is 0 Å². The minimum atomic E-state index is -0.115. The number of rotatable bonds is 24. The molecule has 4 nitrogen and oxygen atoms in total. The third kappa shape index (κ3) is 19.8. The Morgan fingerprint density at radius 1 is 0.727 bits per heavy atom. The van der Waals surface area contributed by atoms with Crippen LogP contribution in [0.15, 0.2) is 42.7 Å². The van der Waals surface area contributed by atoms with E-state index >= 15 is 0 Å². The van der Waals surface area contributed by atoms with Crippen LogP contribution < -0.4 is 0 Å². The van der Waals surface area contributed by atoms with Crippen molar-refractivity contribution in [2.24, 2.45) is 0 Å². The van der Waals surface area contributed by atoms with Gasteiger partial charge in [0.05, 0.1) is 12.9 Å². The second-order valence-electron chi connectivity index (χ2n) is 8.77. The van der Waals surface area contributed by atoms with Gasteiger partial charge in [-0.15, -0.1) is 0 Å². The molecule has 4 heteroatoms. The molecule has 33 heavy (non-hydrogen) atoms. The lowest BCUT2D eigenvalue weighted by Crippen LogP contribution is -2.18. The van der Waals surface area contributed by atoms with Crippen molar-refractivity contribution < 1.29 is 18.9 Å². The van der Waals surface area contributed by atoms with Gasteiger partial charge in [-0.1, -0.05) is 108 Å². The predicted octanol–water partition coefficient (Wildman–Crippen LogP) is 8.55. The monoisotopic (exact) mass is 462 g/mol. The molecule has 0 spiro atoms. The highest BCUT2D eigenvalue weighted by molar-refractivity contribution is 5.13. The van der Waals surface area contributed by atoms with Crippen molar-refractivity contribution in [2.45, 2.75) is 117 Å². The topological polar surface area (TPSA) is 36.9 Å². The quantitative estimate of drug-likeness (QED) is 0.0876. The summed E-state index contributed by atoms with van der Waals surface area (Å²) in [5.41, 5.74) is 1.15. The summed E-state index contributed by atoms with van der Waals surface area (Å²) in [6.07, 6.45) is 20.7. The standard InChI is InChI=1S/C29H50O4/c1-3-5-7-9-11-17-24-32-29(33-25-18-12-10-8-6-4-2)22-16-19-23-30-27-31-26-28-20-14-13-15-21-28/h13-15,19-21,23,29H,3-12,16-18,22,24-27H2,1-2H3. The number of hydrogen-bond acceptors (Lipinski definition) is 4. The lowest BCUT2D eigenvalue weighted by Gasteiger charge is -2.18. The lowest BCUT2D eigenvalue weighted by atomic mass is 10.1. The number of hydrogen-bond donors (Lipinski definition) is 0. The number of unbranched alkanes of at least 4 members (excludes halogenated alkanes) is 10. The normalized spacial score (nSPS) is 11.6. The summed E-state index contributed by atoms with van der Waals surface area (Å²) in [5, 5.41) is 0. The first-order valence-corrected chi connectivity index (χ1v) is 13.5. The summed E-state index contributed by atoms with van der Waals surface area (Å²) >= 11 is 0. The van der Waals surface area contributed by atoms with E-state index in [0.717, 1.165) is 44.5 Å². The molecule has 0 amide bonds. The molecule has 0 aliphatic rings. The summed E-state index contributed by atoms with van der Waals surface area (Å²) in [6.45, 7) is 6.92. The number of benzene rings is 1. The van der Waals surface area contributed by atoms with Gasteiger partial charge in [0.15, 0.2) is 13.1 Å². The van der Waals surface area contributed by atoms with Gasteiger partial charge in [0.1, 0.15) is 0 Å². The Labute approximate surface area is 204 Å². The number of allylic oxidation sites excluding steroid dienone is 1. The van der Waals surface area contributed by atoms with Crippen LogP contribution in [0.2, 0.25) is 0 Å². The molecule has 0 aromatic heterocycles. The van der Waals surface area contributed by atoms with Crippen molar-refractivity contribution in [3.8, 4) is 0 Å². The summed E-state index contributed by atoms with van der Waals surface area (Å²) in [6, 6.07) is 10.1. The second kappa shape index (κ2) is 23.8. The van der Waals surface area contributed by atoms with E-state index in [1.807, 2.05) is 36.4 Å². The van der Waals surface area contributed by atoms with Crippen molar-refractivity contribution in [3.05, 3.63) is 48.2 Å². The maximum absolute atomic E-state index is 6.07. The van der Waals surface area contributed by atoms with Crippen molar-refractivity contribution in [2.75, 3.05) is 20.0 Å². The molecule has 0 bridgehead atoms. The van der Waals surface area contributed by atoms with E-state index in [4.69, 9.17) is 18.9 Å². The fourth-order valence-corrected chi connectivity index (χ4v) is 3.60. The van der Waals surface area contributed by atoms with Gasteiger partial charge >= 0.3 is 0 Å². The van der Waals surface area contributed by atoms with E-state index in [0.29, 0.717) is 6.61 Å². The highest BCUT2D eigenvalue weighted by Gasteiger charge is 2.08. The van der Waals surface area contributed by atoms with E-state index in [-0.39, 0.29) is 13.1 Å². The molecule has 0 aliphatic heterocycles. The molecule has 0 radical (unpaired) electrons. The summed E-state index contributed by atoms with van der Waals surface area (Å²) in [4.78, 5) is 0. The van der Waals surface area contributed by atoms with Crippen molar-refractivity contribution in [3.63, 3.8) is 0 Å². The summed E-state index contributed by atoms with van der Waals surface area (Å²) < 4.78 is 23.1. The van der Waals surface area contributed by atoms with Gasteiger partial charge in [-0.05, 0) is 30.9 Å². The van der Waals surface area contributed by atoms with Gasteiger partial charge in [0, 0.05) is 19.6 Å². The fourth-order valence-electron chi connectivity index (χ4n) is 3.60. The Morgan fingerprint density at radius 2 is 1.30 bits per heavy atom. The molecule has 1 aromatic rings. The van der Waals surface area contributed by atoms with Gasteiger partial charge in [-0.25, -0.2) is 0 Å². The molecule has 0 fully saturated rings. The highest BCUT2D eigenvalue weighted by atomic mass is 16.7. The molecule has 0 N–H and O–H groups in total. The smallest absolute Gasteiger partial charge is 0.188 e. The van der Waals surface area contributed by atoms with Crippen molar-refractivity contribution >= 4 is 0 Å². The molecule has 0 saturated carbocycles. The van der Waals surface area contributed by atoms with Crippen LogP contribution in [0.1, 0.15) is 109 Å². The molecular formula is C29H50O4. The zero-order chi connectivity index (χ0) is 23.7.